The van der Waals surface area contributed by atoms with Crippen LogP contribution >= 0.6 is 0 Å². The fraction of sp³-hybridized carbons (Fsp3) is 0.310. The zero-order valence-electron chi connectivity index (χ0n) is 24.1. The quantitative estimate of drug-likeness (QED) is 0.180. The maximum absolute atomic E-state index is 14.9. The molecule has 2 aromatic carbocycles. The third kappa shape index (κ3) is 7.70. The normalized spacial score (nSPS) is 17.1. The monoisotopic (exact) mass is 666 g/mol. The number of benzene rings is 2. The van der Waals surface area contributed by atoms with Crippen molar-refractivity contribution in [3.05, 3.63) is 66.2 Å². The minimum atomic E-state index is -4.72. The van der Waals surface area contributed by atoms with Crippen LogP contribution in [-0.2, 0) is 10.0 Å². The fourth-order valence-electron chi connectivity index (χ4n) is 4.98. The van der Waals surface area contributed by atoms with Crippen molar-refractivity contribution in [3.63, 3.8) is 0 Å². The van der Waals surface area contributed by atoms with Crippen LogP contribution in [0.4, 0.5) is 38.4 Å². The number of hydrogen-bond donors (Lipinski definition) is 3. The summed E-state index contributed by atoms with van der Waals surface area (Å²) in [5.41, 5.74) is 0.744. The summed E-state index contributed by atoms with van der Waals surface area (Å²) in [7, 11) is -4.57. The van der Waals surface area contributed by atoms with Crippen LogP contribution in [0.2, 0.25) is 0 Å². The summed E-state index contributed by atoms with van der Waals surface area (Å²) in [4.78, 5) is 25.3. The van der Waals surface area contributed by atoms with Crippen molar-refractivity contribution in [3.8, 4) is 22.9 Å². The minimum absolute atomic E-state index is 0.0338. The molecule has 1 fully saturated rings. The molecule has 0 bridgehead atoms. The Kier molecular flexibility index (Phi) is 9.14. The number of rotatable bonds is 9. The first-order valence-electron chi connectivity index (χ1n) is 13.8. The van der Waals surface area contributed by atoms with Gasteiger partial charge in [0.05, 0.1) is 35.7 Å². The zero-order valence-corrected chi connectivity index (χ0v) is 24.9. The van der Waals surface area contributed by atoms with Gasteiger partial charge in [-0.05, 0) is 42.8 Å². The second-order valence-corrected chi connectivity index (χ2v) is 12.4. The first-order valence-corrected chi connectivity index (χ1v) is 15.5. The Labute approximate surface area is 259 Å². The average Bonchev–Trinajstić information content (AvgIpc) is 2.99. The summed E-state index contributed by atoms with van der Waals surface area (Å²) in [6.45, 7) is 1.49. The number of ether oxygens (including phenoxy) is 1. The molecule has 2 atom stereocenters. The number of sulfonamides is 1. The Balaban J connectivity index is 1.45. The molecule has 4 aromatic rings. The Morgan fingerprint density at radius 1 is 1.09 bits per heavy atom. The number of halogens is 5. The summed E-state index contributed by atoms with van der Waals surface area (Å²) in [5.74, 6) is -1.96. The van der Waals surface area contributed by atoms with Gasteiger partial charge in [-0.1, -0.05) is 12.1 Å². The van der Waals surface area contributed by atoms with E-state index in [1.807, 2.05) is 4.72 Å². The van der Waals surface area contributed by atoms with E-state index in [1.165, 1.54) is 30.6 Å². The van der Waals surface area contributed by atoms with Gasteiger partial charge < -0.3 is 20.1 Å². The third-order valence-corrected chi connectivity index (χ3v) is 8.37. The molecule has 5 rings (SSSR count). The lowest BCUT2D eigenvalue weighted by Crippen LogP contribution is -2.49. The highest BCUT2D eigenvalue weighted by atomic mass is 32.2. The third-order valence-electron chi connectivity index (χ3n) is 7.11. The molecule has 3 N–H and O–H groups in total. The number of aryl methyl sites for hydroxylation is 1. The van der Waals surface area contributed by atoms with E-state index in [1.54, 1.807) is 25.1 Å². The smallest absolute Gasteiger partial charge is 0.407 e. The Bertz CT molecular complexity index is 1880. The number of carboxylic acid groups (broad SMARTS) is 1. The molecule has 244 valence electrons. The zero-order chi connectivity index (χ0) is 33.2. The SMILES string of the molecule is Cc1ccc2c(NS(=O)(=O)CCC(F)(F)F)c(F)ccc2c1Oc1ncccc1-c1ccnc(N[C@H]2C[C@H](F)CN(C(=O)O)C2)n1. The number of aromatic nitrogens is 3. The van der Waals surface area contributed by atoms with Gasteiger partial charge in [0, 0.05) is 42.2 Å². The van der Waals surface area contributed by atoms with E-state index in [0.29, 0.717) is 16.8 Å². The van der Waals surface area contributed by atoms with Gasteiger partial charge in [-0.3, -0.25) is 4.72 Å². The summed E-state index contributed by atoms with van der Waals surface area (Å²) in [6.07, 6.45) is -5.99. The highest BCUT2D eigenvalue weighted by molar-refractivity contribution is 7.92. The van der Waals surface area contributed by atoms with Gasteiger partial charge in [0.25, 0.3) is 0 Å². The predicted octanol–water partition coefficient (Wildman–Crippen LogP) is 6.13. The number of hydrogen-bond acceptors (Lipinski definition) is 8. The second kappa shape index (κ2) is 12.9. The lowest BCUT2D eigenvalue weighted by molar-refractivity contribution is -0.129. The molecular weight excluding hydrogens is 639 g/mol. The van der Waals surface area contributed by atoms with Gasteiger partial charge in [0.15, 0.2) is 0 Å². The van der Waals surface area contributed by atoms with Crippen LogP contribution < -0.4 is 14.8 Å². The van der Waals surface area contributed by atoms with Gasteiger partial charge in [0.1, 0.15) is 17.7 Å². The molecule has 46 heavy (non-hydrogen) atoms. The average molecular weight is 667 g/mol. The molecule has 0 aliphatic carbocycles. The summed E-state index contributed by atoms with van der Waals surface area (Å²) >= 11 is 0. The molecule has 1 saturated heterocycles. The van der Waals surface area contributed by atoms with E-state index in [0.717, 1.165) is 11.0 Å². The lowest BCUT2D eigenvalue weighted by atomic mass is 10.0. The highest BCUT2D eigenvalue weighted by Crippen LogP contribution is 2.40. The van der Waals surface area contributed by atoms with Crippen molar-refractivity contribution in [1.82, 2.24) is 19.9 Å². The van der Waals surface area contributed by atoms with E-state index in [-0.39, 0.29) is 47.9 Å². The van der Waals surface area contributed by atoms with E-state index in [4.69, 9.17) is 4.74 Å². The van der Waals surface area contributed by atoms with Gasteiger partial charge in [-0.15, -0.1) is 0 Å². The number of likely N-dealkylation sites (tertiary alicyclic amines) is 1. The number of piperidine rings is 1. The molecule has 2 aromatic heterocycles. The molecule has 0 unspecified atom stereocenters. The number of anilines is 2. The predicted molar refractivity (Wildman–Crippen MR) is 159 cm³/mol. The maximum atomic E-state index is 14.9. The lowest BCUT2D eigenvalue weighted by Gasteiger charge is -2.33. The Morgan fingerprint density at radius 2 is 1.85 bits per heavy atom. The van der Waals surface area contributed by atoms with Crippen LogP contribution in [0.3, 0.4) is 0 Å². The number of nitrogens with zero attached hydrogens (tertiary/aromatic N) is 4. The van der Waals surface area contributed by atoms with Crippen molar-refractivity contribution in [2.75, 3.05) is 28.9 Å². The van der Waals surface area contributed by atoms with Crippen molar-refractivity contribution in [2.24, 2.45) is 0 Å². The van der Waals surface area contributed by atoms with Crippen LogP contribution in [0.1, 0.15) is 18.4 Å². The van der Waals surface area contributed by atoms with Crippen molar-refractivity contribution < 1.29 is 45.0 Å². The number of fused-ring (bicyclic) bond motifs is 1. The van der Waals surface area contributed by atoms with Gasteiger partial charge >= 0.3 is 12.3 Å². The summed E-state index contributed by atoms with van der Waals surface area (Å²) in [5, 5.41) is 12.5. The highest BCUT2D eigenvalue weighted by Gasteiger charge is 2.31. The van der Waals surface area contributed by atoms with Gasteiger partial charge in [-0.2, -0.15) is 13.2 Å². The largest absolute Gasteiger partial charge is 0.465 e. The van der Waals surface area contributed by atoms with Crippen LogP contribution in [0, 0.1) is 12.7 Å². The molecule has 0 spiro atoms. The summed E-state index contributed by atoms with van der Waals surface area (Å²) in [6, 6.07) is 9.52. The number of carbonyl (C=O) groups is 1. The van der Waals surface area contributed by atoms with E-state index >= 15 is 0 Å². The minimum Gasteiger partial charge on any atom is -0.465 e. The second-order valence-electron chi connectivity index (χ2n) is 10.6. The molecule has 0 saturated carbocycles. The topological polar surface area (TPSA) is 147 Å². The van der Waals surface area contributed by atoms with Crippen LogP contribution in [0.5, 0.6) is 11.6 Å². The number of alkyl halides is 4. The summed E-state index contributed by atoms with van der Waals surface area (Å²) < 4.78 is 100. The molecule has 0 radical (unpaired) electrons. The maximum Gasteiger partial charge on any atom is 0.407 e. The van der Waals surface area contributed by atoms with Gasteiger partial charge in [0.2, 0.25) is 21.9 Å². The van der Waals surface area contributed by atoms with Crippen LogP contribution in [0.25, 0.3) is 22.0 Å². The van der Waals surface area contributed by atoms with E-state index < -0.39 is 58.2 Å². The standard InChI is InChI=1S/C29H27F5N6O5S/c1-16-4-5-19-20(6-7-22(31)24(19)39-46(43,44)12-9-29(32,33)34)25(16)45-26-21(3-2-10-35-26)23-8-11-36-27(38-23)37-18-13-17(30)14-40(15-18)28(41)42/h2-8,10-11,17-18,39H,9,12-15H2,1H3,(H,41,42)(H,36,37,38)/t17-,18-/m0/s1. The van der Waals surface area contributed by atoms with E-state index in [9.17, 15) is 40.3 Å². The van der Waals surface area contributed by atoms with E-state index in [2.05, 4.69) is 20.3 Å². The first kappa shape index (κ1) is 32.6. The fourth-order valence-corrected chi connectivity index (χ4v) is 6.10. The number of amides is 1. The number of nitrogens with one attached hydrogen (secondary N) is 2. The van der Waals surface area contributed by atoms with Crippen molar-refractivity contribution >= 4 is 38.5 Å². The molecule has 1 aliphatic rings. The Hall–Kier alpha value is -4.80. The first-order chi connectivity index (χ1) is 21.7. The molecule has 1 amide bonds. The molecule has 11 nitrogen and oxygen atoms in total. The molecule has 17 heteroatoms. The van der Waals surface area contributed by atoms with Gasteiger partial charge in [-0.25, -0.2) is 36.9 Å². The van der Waals surface area contributed by atoms with Crippen molar-refractivity contribution in [1.29, 1.82) is 0 Å². The molecule has 3 heterocycles. The number of pyridine rings is 1. The van der Waals surface area contributed by atoms with Crippen LogP contribution in [0.15, 0.2) is 54.9 Å². The molecular formula is C29H27F5N6O5S. The molecule has 1 aliphatic heterocycles. The van der Waals surface area contributed by atoms with Crippen molar-refractivity contribution in [2.45, 2.75) is 38.2 Å². The Morgan fingerprint density at radius 3 is 2.59 bits per heavy atom. The van der Waals surface area contributed by atoms with Crippen LogP contribution in [-0.4, -0.2) is 76.7 Å².